The molecule has 2 aromatic heterocycles. The quantitative estimate of drug-likeness (QED) is 0.412. The summed E-state index contributed by atoms with van der Waals surface area (Å²) in [6, 6.07) is 6.77. The Kier molecular flexibility index (Phi) is 6.93. The first-order valence-electron chi connectivity index (χ1n) is 13.2. The summed E-state index contributed by atoms with van der Waals surface area (Å²) in [7, 11) is 2.17. The predicted molar refractivity (Wildman–Crippen MR) is 143 cm³/mol. The number of hydrogen-bond donors (Lipinski definition) is 2. The highest BCUT2D eigenvalue weighted by Crippen LogP contribution is 2.33. The zero-order valence-corrected chi connectivity index (χ0v) is 21.2. The van der Waals surface area contributed by atoms with E-state index in [-0.39, 0.29) is 17.7 Å². The van der Waals surface area contributed by atoms with Gasteiger partial charge >= 0.3 is 0 Å². The second-order valence-electron chi connectivity index (χ2n) is 10.4. The van der Waals surface area contributed by atoms with Crippen LogP contribution in [0.15, 0.2) is 29.2 Å². The Morgan fingerprint density at radius 3 is 2.66 bits per heavy atom. The van der Waals surface area contributed by atoms with Gasteiger partial charge in [0.1, 0.15) is 5.65 Å². The number of pyridine rings is 1. The van der Waals surface area contributed by atoms with Gasteiger partial charge in [-0.1, -0.05) is 19.4 Å². The van der Waals surface area contributed by atoms with Gasteiger partial charge in [0.2, 0.25) is 5.95 Å². The fourth-order valence-electron chi connectivity index (χ4n) is 5.51. The summed E-state index contributed by atoms with van der Waals surface area (Å²) in [5, 5.41) is 15.9. The van der Waals surface area contributed by atoms with Crippen LogP contribution in [-0.2, 0) is 0 Å². The minimum Gasteiger partial charge on any atom is -0.393 e. The van der Waals surface area contributed by atoms with Crippen LogP contribution in [0.2, 0.25) is 0 Å². The SMILES string of the molecule is CCCCNc1ncc2c3ccc(N4CCN(C)[C@H](C)C4)cc3c(=O)n([C@H]3CC[C@H](O)CC3)c2n1. The molecule has 2 aliphatic rings. The number of rotatable bonds is 6. The second kappa shape index (κ2) is 10.1. The number of nitrogens with one attached hydrogen (secondary N) is 1. The van der Waals surface area contributed by atoms with Crippen LogP contribution in [0.3, 0.4) is 0 Å². The predicted octanol–water partition coefficient (Wildman–Crippen LogP) is 3.77. The Morgan fingerprint density at radius 1 is 1.11 bits per heavy atom. The molecular weight excluding hydrogens is 440 g/mol. The number of aromatic nitrogens is 3. The summed E-state index contributed by atoms with van der Waals surface area (Å²) >= 11 is 0. The van der Waals surface area contributed by atoms with Crippen LogP contribution >= 0.6 is 0 Å². The van der Waals surface area contributed by atoms with Crippen molar-refractivity contribution in [3.8, 4) is 0 Å². The number of benzene rings is 1. The number of anilines is 2. The van der Waals surface area contributed by atoms with Gasteiger partial charge in [0, 0.05) is 55.5 Å². The number of hydrogen-bond acceptors (Lipinski definition) is 7. The lowest BCUT2D eigenvalue weighted by Gasteiger charge is -2.39. The molecule has 1 saturated heterocycles. The molecule has 1 aromatic carbocycles. The van der Waals surface area contributed by atoms with E-state index in [1.165, 1.54) is 0 Å². The van der Waals surface area contributed by atoms with Crippen LogP contribution in [0, 0.1) is 0 Å². The van der Waals surface area contributed by atoms with E-state index in [2.05, 4.69) is 59.2 Å². The van der Waals surface area contributed by atoms with Crippen molar-refractivity contribution < 1.29 is 5.11 Å². The highest BCUT2D eigenvalue weighted by Gasteiger charge is 2.26. The maximum Gasteiger partial charge on any atom is 0.260 e. The summed E-state index contributed by atoms with van der Waals surface area (Å²) in [6.45, 7) is 8.11. The van der Waals surface area contributed by atoms with E-state index < -0.39 is 0 Å². The van der Waals surface area contributed by atoms with Crippen molar-refractivity contribution in [1.29, 1.82) is 0 Å². The zero-order valence-electron chi connectivity index (χ0n) is 21.2. The van der Waals surface area contributed by atoms with Gasteiger partial charge in [-0.15, -0.1) is 0 Å². The van der Waals surface area contributed by atoms with Crippen molar-refractivity contribution in [2.24, 2.45) is 0 Å². The Balaban J connectivity index is 1.63. The molecule has 0 spiro atoms. The molecule has 3 aromatic rings. The minimum atomic E-state index is -0.277. The van der Waals surface area contributed by atoms with Gasteiger partial charge in [0.05, 0.1) is 11.5 Å². The number of aliphatic hydroxyl groups excluding tert-OH is 1. The van der Waals surface area contributed by atoms with Crippen molar-refractivity contribution in [2.45, 2.75) is 70.6 Å². The molecule has 5 rings (SSSR count). The van der Waals surface area contributed by atoms with Crippen molar-refractivity contribution >= 4 is 33.4 Å². The molecule has 188 valence electrons. The lowest BCUT2D eigenvalue weighted by Crippen LogP contribution is -2.50. The third kappa shape index (κ3) is 4.74. The van der Waals surface area contributed by atoms with E-state index in [0.29, 0.717) is 30.5 Å². The molecule has 1 saturated carbocycles. The summed E-state index contributed by atoms with van der Waals surface area (Å²) < 4.78 is 1.90. The first kappa shape index (κ1) is 24.0. The highest BCUT2D eigenvalue weighted by molar-refractivity contribution is 6.05. The average Bonchev–Trinajstić information content (AvgIpc) is 2.87. The third-order valence-electron chi connectivity index (χ3n) is 7.91. The molecule has 2 N–H and O–H groups in total. The second-order valence-corrected chi connectivity index (χ2v) is 10.4. The maximum absolute atomic E-state index is 14.0. The van der Waals surface area contributed by atoms with Gasteiger partial charge in [0.25, 0.3) is 5.56 Å². The van der Waals surface area contributed by atoms with Crippen molar-refractivity contribution in [3.63, 3.8) is 0 Å². The largest absolute Gasteiger partial charge is 0.393 e. The molecule has 2 fully saturated rings. The van der Waals surface area contributed by atoms with Crippen molar-refractivity contribution in [2.75, 3.05) is 43.4 Å². The number of aliphatic hydroxyl groups is 1. The van der Waals surface area contributed by atoms with E-state index in [4.69, 9.17) is 4.98 Å². The molecule has 1 aliphatic heterocycles. The van der Waals surface area contributed by atoms with Crippen LogP contribution in [0.1, 0.15) is 58.4 Å². The van der Waals surface area contributed by atoms with E-state index in [9.17, 15) is 9.90 Å². The van der Waals surface area contributed by atoms with Gasteiger partial charge in [-0.3, -0.25) is 9.36 Å². The summed E-state index contributed by atoms with van der Waals surface area (Å²) in [5.74, 6) is 0.567. The molecule has 8 heteroatoms. The molecular formula is C27H38N6O2. The Hall–Kier alpha value is -2.71. The smallest absolute Gasteiger partial charge is 0.260 e. The molecule has 1 atom stereocenters. The van der Waals surface area contributed by atoms with E-state index in [0.717, 1.165) is 73.7 Å². The molecule has 1 aliphatic carbocycles. The molecule has 8 nitrogen and oxygen atoms in total. The standard InChI is InChI=1S/C27H38N6O2/c1-4-5-12-28-27-29-16-24-22-11-8-20(32-14-13-31(3)18(2)17-32)15-23(22)26(35)33(25(24)30-27)19-6-9-21(34)10-7-19/h8,11,15-16,18-19,21,34H,4-7,9-10,12-14,17H2,1-3H3,(H,28,29,30)/t18-,19-,21-/m1/s1. The Labute approximate surface area is 207 Å². The van der Waals surface area contributed by atoms with Crippen LogP contribution < -0.4 is 15.8 Å². The molecule has 0 radical (unpaired) electrons. The number of likely N-dealkylation sites (N-methyl/N-ethyl adjacent to an activating group) is 1. The number of fused-ring (bicyclic) bond motifs is 3. The van der Waals surface area contributed by atoms with Gasteiger partial charge in [-0.05, 0) is 63.6 Å². The number of nitrogens with zero attached hydrogens (tertiary/aromatic N) is 5. The maximum atomic E-state index is 14.0. The molecule has 0 bridgehead atoms. The van der Waals surface area contributed by atoms with Gasteiger partial charge in [0.15, 0.2) is 0 Å². The van der Waals surface area contributed by atoms with E-state index >= 15 is 0 Å². The molecule has 0 amide bonds. The van der Waals surface area contributed by atoms with Crippen molar-refractivity contribution in [1.82, 2.24) is 19.4 Å². The summed E-state index contributed by atoms with van der Waals surface area (Å²) in [6.07, 6.45) is 6.70. The van der Waals surface area contributed by atoms with Crippen LogP contribution in [0.5, 0.6) is 0 Å². The van der Waals surface area contributed by atoms with E-state index in [1.54, 1.807) is 0 Å². The fraction of sp³-hybridized carbons (Fsp3) is 0.593. The third-order valence-corrected chi connectivity index (χ3v) is 7.91. The van der Waals surface area contributed by atoms with Crippen LogP contribution in [0.4, 0.5) is 11.6 Å². The monoisotopic (exact) mass is 478 g/mol. The van der Waals surface area contributed by atoms with E-state index in [1.807, 2.05) is 10.8 Å². The van der Waals surface area contributed by atoms with Crippen LogP contribution in [-0.4, -0.2) is 69.9 Å². The zero-order chi connectivity index (χ0) is 24.5. The number of piperazine rings is 1. The van der Waals surface area contributed by atoms with Gasteiger partial charge < -0.3 is 20.2 Å². The summed E-state index contributed by atoms with van der Waals surface area (Å²) in [4.78, 5) is 28.2. The Morgan fingerprint density at radius 2 is 1.91 bits per heavy atom. The molecule has 0 unspecified atom stereocenters. The van der Waals surface area contributed by atoms with Crippen LogP contribution in [0.25, 0.3) is 21.8 Å². The minimum absolute atomic E-state index is 0.0103. The average molecular weight is 479 g/mol. The molecule has 35 heavy (non-hydrogen) atoms. The lowest BCUT2D eigenvalue weighted by molar-refractivity contribution is 0.111. The van der Waals surface area contributed by atoms with Gasteiger partial charge in [-0.2, -0.15) is 4.98 Å². The number of unbranched alkanes of at least 4 members (excludes halogenated alkanes) is 1. The normalized spacial score (nSPS) is 23.8. The first-order chi connectivity index (χ1) is 17.0. The van der Waals surface area contributed by atoms with Gasteiger partial charge in [-0.25, -0.2) is 4.98 Å². The van der Waals surface area contributed by atoms with Crippen molar-refractivity contribution in [3.05, 3.63) is 34.7 Å². The summed E-state index contributed by atoms with van der Waals surface area (Å²) in [5.41, 5.74) is 1.80. The Bertz CT molecular complexity index is 1250. The lowest BCUT2D eigenvalue weighted by atomic mass is 9.92. The first-order valence-corrected chi connectivity index (χ1v) is 13.2. The highest BCUT2D eigenvalue weighted by atomic mass is 16.3. The fourth-order valence-corrected chi connectivity index (χ4v) is 5.51. The topological polar surface area (TPSA) is 86.5 Å². The molecule has 3 heterocycles.